The number of nitrogens with zero attached hydrogens (tertiary/aromatic N) is 2. The highest BCUT2D eigenvalue weighted by atomic mass is 32.1. The van der Waals surface area contributed by atoms with Crippen LogP contribution >= 0.6 is 11.3 Å². The Kier molecular flexibility index (Phi) is 4.86. The molecule has 0 saturated heterocycles. The van der Waals surface area contributed by atoms with Crippen LogP contribution in [0.15, 0.2) is 48.0 Å². The molecule has 0 aliphatic heterocycles. The summed E-state index contributed by atoms with van der Waals surface area (Å²) in [6.07, 6.45) is 1.77. The van der Waals surface area contributed by atoms with Gasteiger partial charge >= 0.3 is 0 Å². The number of thiazole rings is 1. The van der Waals surface area contributed by atoms with Crippen molar-refractivity contribution in [2.24, 2.45) is 0 Å². The zero-order chi connectivity index (χ0) is 16.9. The minimum atomic E-state index is -0.149. The van der Waals surface area contributed by atoms with Gasteiger partial charge in [-0.1, -0.05) is 18.2 Å². The molecule has 2 heterocycles. The standard InChI is InChI=1S/C18H18N4OS/c1-12-4-3-9-19-16(12)20-10-14-5-7-15(8-6-14)17(23)22-18-21-13(2)11-24-18/h3-9,11H,10H2,1-2H3,(H,19,20)(H,21,22,23). The molecule has 0 saturated carbocycles. The second kappa shape index (κ2) is 7.23. The van der Waals surface area contributed by atoms with Crippen molar-refractivity contribution in [3.63, 3.8) is 0 Å². The van der Waals surface area contributed by atoms with Crippen molar-refractivity contribution < 1.29 is 4.79 Å². The minimum absolute atomic E-state index is 0.149. The molecule has 5 nitrogen and oxygen atoms in total. The van der Waals surface area contributed by atoms with E-state index in [1.54, 1.807) is 6.20 Å². The highest BCUT2D eigenvalue weighted by molar-refractivity contribution is 7.13. The van der Waals surface area contributed by atoms with Crippen LogP contribution in [0.3, 0.4) is 0 Å². The zero-order valence-electron chi connectivity index (χ0n) is 13.5. The maximum Gasteiger partial charge on any atom is 0.257 e. The first-order valence-electron chi connectivity index (χ1n) is 7.60. The van der Waals surface area contributed by atoms with Gasteiger partial charge in [0.15, 0.2) is 5.13 Å². The van der Waals surface area contributed by atoms with Gasteiger partial charge < -0.3 is 5.32 Å². The first-order chi connectivity index (χ1) is 11.6. The Balaban J connectivity index is 1.60. The molecule has 2 N–H and O–H groups in total. The molecule has 3 rings (SSSR count). The van der Waals surface area contributed by atoms with Crippen molar-refractivity contribution in [3.05, 3.63) is 70.4 Å². The van der Waals surface area contributed by atoms with Crippen LogP contribution in [0.1, 0.15) is 27.2 Å². The number of amides is 1. The van der Waals surface area contributed by atoms with Crippen LogP contribution in [0.5, 0.6) is 0 Å². The average molecular weight is 338 g/mol. The molecule has 24 heavy (non-hydrogen) atoms. The van der Waals surface area contributed by atoms with E-state index in [0.717, 1.165) is 22.6 Å². The van der Waals surface area contributed by atoms with Crippen LogP contribution in [0.4, 0.5) is 10.9 Å². The molecule has 0 atom stereocenters. The largest absolute Gasteiger partial charge is 0.366 e. The Morgan fingerprint density at radius 2 is 1.96 bits per heavy atom. The summed E-state index contributed by atoms with van der Waals surface area (Å²) in [6.45, 7) is 4.58. The normalized spacial score (nSPS) is 10.4. The van der Waals surface area contributed by atoms with E-state index in [-0.39, 0.29) is 5.91 Å². The Bertz CT molecular complexity index is 842. The maximum absolute atomic E-state index is 12.2. The lowest BCUT2D eigenvalue weighted by molar-refractivity contribution is 0.102. The van der Waals surface area contributed by atoms with Gasteiger partial charge in [-0.25, -0.2) is 9.97 Å². The van der Waals surface area contributed by atoms with Crippen LogP contribution in [0, 0.1) is 13.8 Å². The quantitative estimate of drug-likeness (QED) is 0.737. The molecule has 0 spiro atoms. The summed E-state index contributed by atoms with van der Waals surface area (Å²) in [5.41, 5.74) is 3.70. The third-order valence-corrected chi connectivity index (χ3v) is 4.40. The number of aryl methyl sites for hydroxylation is 2. The number of nitrogens with one attached hydrogen (secondary N) is 2. The van der Waals surface area contributed by atoms with Crippen LogP contribution in [-0.2, 0) is 6.54 Å². The number of carbonyl (C=O) groups excluding carboxylic acids is 1. The Labute approximate surface area is 144 Å². The number of hydrogen-bond donors (Lipinski definition) is 2. The van der Waals surface area contributed by atoms with E-state index in [0.29, 0.717) is 17.2 Å². The number of carbonyl (C=O) groups is 1. The van der Waals surface area contributed by atoms with Crippen molar-refractivity contribution in [3.8, 4) is 0 Å². The van der Waals surface area contributed by atoms with Gasteiger partial charge in [0.1, 0.15) is 5.82 Å². The monoisotopic (exact) mass is 338 g/mol. The number of hydrogen-bond acceptors (Lipinski definition) is 5. The van der Waals surface area contributed by atoms with E-state index in [1.807, 2.05) is 55.6 Å². The molecule has 3 aromatic rings. The molecule has 122 valence electrons. The van der Waals surface area contributed by atoms with Crippen LogP contribution in [0.25, 0.3) is 0 Å². The predicted molar refractivity (Wildman–Crippen MR) is 97.5 cm³/mol. The van der Waals surface area contributed by atoms with Crippen LogP contribution in [-0.4, -0.2) is 15.9 Å². The number of rotatable bonds is 5. The molecule has 1 aromatic carbocycles. The summed E-state index contributed by atoms with van der Waals surface area (Å²) < 4.78 is 0. The molecule has 2 aromatic heterocycles. The third-order valence-electron chi connectivity index (χ3n) is 3.53. The predicted octanol–water partition coefficient (Wildman–Crippen LogP) is 4.02. The van der Waals surface area contributed by atoms with Gasteiger partial charge in [-0.05, 0) is 43.2 Å². The number of pyridine rings is 1. The molecular weight excluding hydrogens is 320 g/mol. The van der Waals surface area contributed by atoms with Gasteiger partial charge in [-0.2, -0.15) is 0 Å². The number of benzene rings is 1. The van der Waals surface area contributed by atoms with E-state index in [9.17, 15) is 4.79 Å². The molecule has 1 amide bonds. The molecule has 0 radical (unpaired) electrons. The van der Waals surface area contributed by atoms with Crippen LogP contribution < -0.4 is 10.6 Å². The van der Waals surface area contributed by atoms with Crippen molar-refractivity contribution in [2.45, 2.75) is 20.4 Å². The lowest BCUT2D eigenvalue weighted by Crippen LogP contribution is -2.12. The molecule has 6 heteroatoms. The molecular formula is C18H18N4OS. The van der Waals surface area contributed by atoms with Crippen molar-refractivity contribution in [1.29, 1.82) is 0 Å². The molecule has 0 unspecified atom stereocenters. The van der Waals surface area contributed by atoms with Gasteiger partial charge in [-0.3, -0.25) is 10.1 Å². The molecule has 0 fully saturated rings. The van der Waals surface area contributed by atoms with E-state index in [1.165, 1.54) is 11.3 Å². The summed E-state index contributed by atoms with van der Waals surface area (Å²) in [4.78, 5) is 20.7. The summed E-state index contributed by atoms with van der Waals surface area (Å²) in [7, 11) is 0. The first-order valence-corrected chi connectivity index (χ1v) is 8.48. The van der Waals surface area contributed by atoms with Crippen molar-refractivity contribution in [2.75, 3.05) is 10.6 Å². The highest BCUT2D eigenvalue weighted by Crippen LogP contribution is 2.16. The maximum atomic E-state index is 12.2. The first kappa shape index (κ1) is 16.1. The average Bonchev–Trinajstić information content (AvgIpc) is 2.99. The van der Waals surface area contributed by atoms with Gasteiger partial charge in [0, 0.05) is 23.7 Å². The highest BCUT2D eigenvalue weighted by Gasteiger charge is 2.08. The molecule has 0 bridgehead atoms. The summed E-state index contributed by atoms with van der Waals surface area (Å²) in [5.74, 6) is 0.725. The van der Waals surface area contributed by atoms with Gasteiger partial charge in [-0.15, -0.1) is 11.3 Å². The van der Waals surface area contributed by atoms with E-state index in [4.69, 9.17) is 0 Å². The lowest BCUT2D eigenvalue weighted by Gasteiger charge is -2.08. The number of anilines is 2. The fourth-order valence-electron chi connectivity index (χ4n) is 2.21. The van der Waals surface area contributed by atoms with Gasteiger partial charge in [0.2, 0.25) is 0 Å². The SMILES string of the molecule is Cc1csc(NC(=O)c2ccc(CNc3ncccc3C)cc2)n1. The van der Waals surface area contributed by atoms with Crippen molar-refractivity contribution >= 4 is 28.2 Å². The van der Waals surface area contributed by atoms with Gasteiger partial charge in [0.05, 0.1) is 5.69 Å². The van der Waals surface area contributed by atoms with E-state index >= 15 is 0 Å². The summed E-state index contributed by atoms with van der Waals surface area (Å²) >= 11 is 1.42. The second-order valence-electron chi connectivity index (χ2n) is 5.47. The Morgan fingerprint density at radius 3 is 2.62 bits per heavy atom. The lowest BCUT2D eigenvalue weighted by atomic mass is 10.1. The molecule has 0 aliphatic carbocycles. The smallest absolute Gasteiger partial charge is 0.257 e. The van der Waals surface area contributed by atoms with E-state index in [2.05, 4.69) is 20.6 Å². The molecule has 0 aliphatic rings. The van der Waals surface area contributed by atoms with Crippen molar-refractivity contribution in [1.82, 2.24) is 9.97 Å². The number of aromatic nitrogens is 2. The minimum Gasteiger partial charge on any atom is -0.366 e. The Morgan fingerprint density at radius 1 is 1.17 bits per heavy atom. The third kappa shape index (κ3) is 3.97. The fourth-order valence-corrected chi connectivity index (χ4v) is 2.89. The summed E-state index contributed by atoms with van der Waals surface area (Å²) in [6, 6.07) is 11.4. The Hall–Kier alpha value is -2.73. The topological polar surface area (TPSA) is 66.9 Å². The summed E-state index contributed by atoms with van der Waals surface area (Å²) in [5, 5.41) is 8.63. The zero-order valence-corrected chi connectivity index (χ0v) is 14.4. The fraction of sp³-hybridized carbons (Fsp3) is 0.167. The van der Waals surface area contributed by atoms with Crippen LogP contribution in [0.2, 0.25) is 0 Å². The van der Waals surface area contributed by atoms with Gasteiger partial charge in [0.25, 0.3) is 5.91 Å². The second-order valence-corrected chi connectivity index (χ2v) is 6.33. The van der Waals surface area contributed by atoms with E-state index < -0.39 is 0 Å².